The first-order valence-corrected chi connectivity index (χ1v) is 9.00. The lowest BCUT2D eigenvalue weighted by molar-refractivity contribution is -0.128. The van der Waals surface area contributed by atoms with Crippen LogP contribution in [0.2, 0.25) is 0 Å². The molecule has 0 N–H and O–H groups in total. The molecule has 25 heavy (non-hydrogen) atoms. The van der Waals surface area contributed by atoms with Crippen molar-refractivity contribution in [2.75, 3.05) is 38.2 Å². The molecule has 3 rings (SSSR count). The van der Waals surface area contributed by atoms with Crippen LogP contribution < -0.4 is 4.90 Å². The van der Waals surface area contributed by atoms with Gasteiger partial charge < -0.3 is 14.5 Å². The fourth-order valence-electron chi connectivity index (χ4n) is 4.03. The second-order valence-electron chi connectivity index (χ2n) is 7.70. The highest BCUT2D eigenvalue weighted by Gasteiger charge is 2.45. The zero-order valence-corrected chi connectivity index (χ0v) is 15.3. The quantitative estimate of drug-likeness (QED) is 0.784. The van der Waals surface area contributed by atoms with Gasteiger partial charge in [0.05, 0.1) is 7.11 Å². The second kappa shape index (κ2) is 7.02. The van der Waals surface area contributed by atoms with Gasteiger partial charge in [0.15, 0.2) is 0 Å². The smallest absolute Gasteiger partial charge is 0.341 e. The number of aromatic nitrogens is 1. The molecule has 0 saturated carbocycles. The Morgan fingerprint density at radius 3 is 2.72 bits per heavy atom. The molecule has 1 amide bonds. The van der Waals surface area contributed by atoms with Crippen LogP contribution in [-0.2, 0) is 9.53 Å². The number of amides is 1. The molecule has 0 bridgehead atoms. The first-order valence-electron chi connectivity index (χ1n) is 9.00. The van der Waals surface area contributed by atoms with Crippen LogP contribution >= 0.6 is 0 Å². The van der Waals surface area contributed by atoms with Crippen molar-refractivity contribution in [3.63, 3.8) is 0 Å². The fourth-order valence-corrected chi connectivity index (χ4v) is 4.03. The van der Waals surface area contributed by atoms with Gasteiger partial charge in [0.1, 0.15) is 11.4 Å². The van der Waals surface area contributed by atoms with E-state index in [9.17, 15) is 9.59 Å². The van der Waals surface area contributed by atoms with Gasteiger partial charge in [-0.3, -0.25) is 4.79 Å². The molecule has 0 unspecified atom stereocenters. The molecule has 6 heteroatoms. The molecule has 2 saturated heterocycles. The van der Waals surface area contributed by atoms with Crippen molar-refractivity contribution in [1.82, 2.24) is 9.88 Å². The van der Waals surface area contributed by atoms with Crippen molar-refractivity contribution < 1.29 is 14.3 Å². The molecule has 2 aliphatic rings. The molecule has 6 nitrogen and oxygen atoms in total. The maximum atomic E-state index is 12.4. The summed E-state index contributed by atoms with van der Waals surface area (Å²) in [6.45, 7) is 7.63. The molecule has 2 fully saturated rings. The Kier molecular flexibility index (Phi) is 4.97. The van der Waals surface area contributed by atoms with E-state index < -0.39 is 0 Å². The highest BCUT2D eigenvalue weighted by atomic mass is 16.5. The summed E-state index contributed by atoms with van der Waals surface area (Å²) in [5, 5.41) is 0. The number of nitrogens with zero attached hydrogens (tertiary/aromatic N) is 3. The average molecular weight is 345 g/mol. The third-order valence-corrected chi connectivity index (χ3v) is 5.31. The number of carbonyl (C=O) groups is 2. The van der Waals surface area contributed by atoms with Crippen LogP contribution in [0.1, 0.15) is 43.5 Å². The number of piperidine rings is 1. The minimum atomic E-state index is -0.359. The summed E-state index contributed by atoms with van der Waals surface area (Å²) in [6, 6.07) is 3.50. The Bertz CT molecular complexity index is 651. The van der Waals surface area contributed by atoms with Gasteiger partial charge in [0.25, 0.3) is 0 Å². The molecule has 0 aliphatic carbocycles. The standard InChI is InChI=1S/C19H27N3O3/c1-14(2)12-22-13-19(11-16(22)23)6-9-21(10-7-19)17-15(18(24)25-3)5-4-8-20-17/h4-5,8,14H,6-7,9-13H2,1-3H3. The number of anilines is 1. The number of likely N-dealkylation sites (tertiary alicyclic amines) is 1. The molecule has 0 aromatic carbocycles. The SMILES string of the molecule is COC(=O)c1cccnc1N1CCC2(CC1)CC(=O)N(CC(C)C)C2. The Hall–Kier alpha value is -2.11. The lowest BCUT2D eigenvalue weighted by Crippen LogP contribution is -2.42. The Morgan fingerprint density at radius 2 is 2.08 bits per heavy atom. The summed E-state index contributed by atoms with van der Waals surface area (Å²) < 4.78 is 4.87. The summed E-state index contributed by atoms with van der Waals surface area (Å²) in [6.07, 6.45) is 4.25. The third kappa shape index (κ3) is 3.62. The summed E-state index contributed by atoms with van der Waals surface area (Å²) in [7, 11) is 1.39. The van der Waals surface area contributed by atoms with E-state index in [1.54, 1.807) is 18.3 Å². The van der Waals surface area contributed by atoms with E-state index >= 15 is 0 Å². The highest BCUT2D eigenvalue weighted by Crippen LogP contribution is 2.42. The number of hydrogen-bond donors (Lipinski definition) is 0. The van der Waals surface area contributed by atoms with Crippen molar-refractivity contribution in [2.24, 2.45) is 11.3 Å². The van der Waals surface area contributed by atoms with Crippen LogP contribution in [0.25, 0.3) is 0 Å². The van der Waals surface area contributed by atoms with E-state index in [1.165, 1.54) is 7.11 Å². The van der Waals surface area contributed by atoms with Gasteiger partial charge in [-0.15, -0.1) is 0 Å². The van der Waals surface area contributed by atoms with Crippen molar-refractivity contribution in [1.29, 1.82) is 0 Å². The van der Waals surface area contributed by atoms with E-state index in [-0.39, 0.29) is 17.3 Å². The topological polar surface area (TPSA) is 62.7 Å². The van der Waals surface area contributed by atoms with Crippen LogP contribution in [0.15, 0.2) is 18.3 Å². The van der Waals surface area contributed by atoms with E-state index in [0.29, 0.717) is 23.7 Å². The molecular weight excluding hydrogens is 318 g/mol. The highest BCUT2D eigenvalue weighted by molar-refractivity contribution is 5.94. The summed E-state index contributed by atoms with van der Waals surface area (Å²) in [4.78, 5) is 32.9. The molecule has 3 heterocycles. The molecule has 1 spiro atoms. The maximum absolute atomic E-state index is 12.4. The molecule has 1 aromatic heterocycles. The van der Waals surface area contributed by atoms with E-state index in [4.69, 9.17) is 4.74 Å². The first-order chi connectivity index (χ1) is 11.9. The normalized spacial score (nSPS) is 19.8. The third-order valence-electron chi connectivity index (χ3n) is 5.31. The Morgan fingerprint density at radius 1 is 1.36 bits per heavy atom. The lowest BCUT2D eigenvalue weighted by atomic mass is 9.77. The molecule has 0 radical (unpaired) electrons. The van der Waals surface area contributed by atoms with Crippen molar-refractivity contribution in [3.8, 4) is 0 Å². The van der Waals surface area contributed by atoms with E-state index in [1.807, 2.05) is 4.90 Å². The van der Waals surface area contributed by atoms with Gasteiger partial charge in [0, 0.05) is 44.2 Å². The van der Waals surface area contributed by atoms with E-state index in [0.717, 1.165) is 39.0 Å². The fraction of sp³-hybridized carbons (Fsp3) is 0.632. The average Bonchev–Trinajstić information content (AvgIpc) is 2.89. The number of carbonyl (C=O) groups excluding carboxylic acids is 2. The molecule has 2 aliphatic heterocycles. The Labute approximate surface area is 149 Å². The number of rotatable bonds is 4. The van der Waals surface area contributed by atoms with Crippen LogP contribution in [0.4, 0.5) is 5.82 Å². The lowest BCUT2D eigenvalue weighted by Gasteiger charge is -2.39. The van der Waals surface area contributed by atoms with Gasteiger partial charge in [-0.05, 0) is 30.9 Å². The molecule has 136 valence electrons. The summed E-state index contributed by atoms with van der Waals surface area (Å²) in [5.74, 6) is 1.11. The minimum Gasteiger partial charge on any atom is -0.465 e. The van der Waals surface area contributed by atoms with Gasteiger partial charge >= 0.3 is 5.97 Å². The number of hydrogen-bond acceptors (Lipinski definition) is 5. The van der Waals surface area contributed by atoms with Crippen LogP contribution in [0.3, 0.4) is 0 Å². The second-order valence-corrected chi connectivity index (χ2v) is 7.70. The summed E-state index contributed by atoms with van der Waals surface area (Å²) in [5.41, 5.74) is 0.591. The van der Waals surface area contributed by atoms with Gasteiger partial charge in [-0.25, -0.2) is 9.78 Å². The monoisotopic (exact) mass is 345 g/mol. The van der Waals surface area contributed by atoms with Crippen LogP contribution in [0, 0.1) is 11.3 Å². The van der Waals surface area contributed by atoms with Gasteiger partial charge in [-0.2, -0.15) is 0 Å². The van der Waals surface area contributed by atoms with Crippen LogP contribution in [0.5, 0.6) is 0 Å². The van der Waals surface area contributed by atoms with Crippen molar-refractivity contribution in [2.45, 2.75) is 33.1 Å². The molecule has 0 atom stereocenters. The molecule has 1 aromatic rings. The zero-order valence-electron chi connectivity index (χ0n) is 15.3. The number of pyridine rings is 1. The van der Waals surface area contributed by atoms with Gasteiger partial charge in [0.2, 0.25) is 5.91 Å². The number of esters is 1. The number of methoxy groups -OCH3 is 1. The van der Waals surface area contributed by atoms with Gasteiger partial charge in [-0.1, -0.05) is 13.8 Å². The van der Waals surface area contributed by atoms with Crippen molar-refractivity contribution >= 4 is 17.7 Å². The zero-order chi connectivity index (χ0) is 18.0. The minimum absolute atomic E-state index is 0.0860. The largest absolute Gasteiger partial charge is 0.465 e. The first kappa shape index (κ1) is 17.7. The summed E-state index contributed by atoms with van der Waals surface area (Å²) >= 11 is 0. The Balaban J connectivity index is 1.69. The van der Waals surface area contributed by atoms with E-state index in [2.05, 4.69) is 23.7 Å². The van der Waals surface area contributed by atoms with Crippen LogP contribution in [-0.4, -0.2) is 55.0 Å². The number of ether oxygens (including phenoxy) is 1. The predicted molar refractivity (Wildman–Crippen MR) is 95.5 cm³/mol. The van der Waals surface area contributed by atoms with Crippen molar-refractivity contribution in [3.05, 3.63) is 23.9 Å². The maximum Gasteiger partial charge on any atom is 0.341 e. The molecular formula is C19H27N3O3. The predicted octanol–water partition coefficient (Wildman–Crippen LogP) is 2.34.